The largest absolute Gasteiger partial charge is 0.416 e. The minimum Gasteiger partial charge on any atom is -0.324 e. The fraction of sp³-hybridized carbons (Fsp3) is 0.278. The molecule has 26 heavy (non-hydrogen) atoms. The molecule has 2 heterocycles. The third-order valence-electron chi connectivity index (χ3n) is 4.07. The van der Waals surface area contributed by atoms with E-state index in [1.165, 1.54) is 18.9 Å². The number of aryl methyl sites for hydroxylation is 1. The molecule has 1 aromatic carbocycles. The van der Waals surface area contributed by atoms with Crippen molar-refractivity contribution in [2.24, 2.45) is 0 Å². The molecule has 2 aromatic heterocycles. The van der Waals surface area contributed by atoms with Crippen LogP contribution in [-0.2, 0) is 6.18 Å². The first-order valence-electron chi connectivity index (χ1n) is 8.15. The molecule has 0 atom stereocenters. The van der Waals surface area contributed by atoms with Crippen LogP contribution in [-0.4, -0.2) is 15.0 Å². The molecule has 0 aliphatic heterocycles. The van der Waals surface area contributed by atoms with Crippen LogP contribution in [0.5, 0.6) is 0 Å². The molecule has 1 saturated carbocycles. The maximum Gasteiger partial charge on any atom is 0.416 e. The standard InChI is InChI=1S/C18H15F3N4S/c1-10-15(26-16(23-10)11-5-6-11)14-7-8-22-17(25-14)24-13-4-2-3-12(9-13)18(19,20)21/h2-4,7-9,11H,5-6H2,1H3,(H,22,24,25). The zero-order valence-electron chi connectivity index (χ0n) is 13.8. The smallest absolute Gasteiger partial charge is 0.324 e. The number of hydrogen-bond donors (Lipinski definition) is 1. The van der Waals surface area contributed by atoms with Crippen LogP contribution in [0, 0.1) is 6.92 Å². The Kier molecular flexibility index (Phi) is 4.14. The van der Waals surface area contributed by atoms with E-state index >= 15 is 0 Å². The SMILES string of the molecule is Cc1nc(C2CC2)sc1-c1ccnc(Nc2cccc(C(F)(F)F)c2)n1. The zero-order valence-corrected chi connectivity index (χ0v) is 14.7. The average molecular weight is 376 g/mol. The highest BCUT2D eigenvalue weighted by Crippen LogP contribution is 2.44. The predicted molar refractivity (Wildman–Crippen MR) is 94.6 cm³/mol. The van der Waals surface area contributed by atoms with Crippen LogP contribution in [0.3, 0.4) is 0 Å². The normalized spacial score (nSPS) is 14.5. The predicted octanol–water partition coefficient (Wildman–Crippen LogP) is 5.55. The fourth-order valence-electron chi connectivity index (χ4n) is 2.61. The lowest BCUT2D eigenvalue weighted by atomic mass is 10.2. The van der Waals surface area contributed by atoms with Gasteiger partial charge in [-0.3, -0.25) is 0 Å². The van der Waals surface area contributed by atoms with Gasteiger partial charge in [0.15, 0.2) is 0 Å². The van der Waals surface area contributed by atoms with Gasteiger partial charge in [-0.1, -0.05) is 6.07 Å². The van der Waals surface area contributed by atoms with E-state index in [4.69, 9.17) is 0 Å². The van der Waals surface area contributed by atoms with Gasteiger partial charge >= 0.3 is 6.18 Å². The van der Waals surface area contributed by atoms with Gasteiger partial charge in [-0.15, -0.1) is 11.3 Å². The van der Waals surface area contributed by atoms with E-state index in [-0.39, 0.29) is 11.6 Å². The second-order valence-corrected chi connectivity index (χ2v) is 7.24. The monoisotopic (exact) mass is 376 g/mol. The second kappa shape index (κ2) is 6.35. The molecule has 0 bridgehead atoms. The van der Waals surface area contributed by atoms with Crippen LogP contribution < -0.4 is 5.32 Å². The summed E-state index contributed by atoms with van der Waals surface area (Å²) in [4.78, 5) is 14.2. The number of hydrogen-bond acceptors (Lipinski definition) is 5. The molecule has 3 aromatic rings. The molecule has 1 aliphatic rings. The molecule has 0 amide bonds. The van der Waals surface area contributed by atoms with Crippen LogP contribution in [0.1, 0.15) is 35.0 Å². The van der Waals surface area contributed by atoms with Crippen molar-refractivity contribution < 1.29 is 13.2 Å². The fourth-order valence-corrected chi connectivity index (χ4v) is 3.81. The van der Waals surface area contributed by atoms with Crippen LogP contribution in [0.25, 0.3) is 10.6 Å². The number of aromatic nitrogens is 3. The summed E-state index contributed by atoms with van der Waals surface area (Å²) in [7, 11) is 0. The number of rotatable bonds is 4. The average Bonchev–Trinajstić information content (AvgIpc) is 3.37. The summed E-state index contributed by atoms with van der Waals surface area (Å²) >= 11 is 1.63. The maximum atomic E-state index is 12.8. The van der Waals surface area contributed by atoms with Gasteiger partial charge in [-0.2, -0.15) is 13.2 Å². The van der Waals surface area contributed by atoms with E-state index in [9.17, 15) is 13.2 Å². The van der Waals surface area contributed by atoms with E-state index in [0.29, 0.717) is 5.92 Å². The lowest BCUT2D eigenvalue weighted by Gasteiger charge is -2.10. The molecule has 8 heteroatoms. The minimum absolute atomic E-state index is 0.252. The highest BCUT2D eigenvalue weighted by atomic mass is 32.1. The third kappa shape index (κ3) is 3.55. The van der Waals surface area contributed by atoms with Gasteiger partial charge in [-0.25, -0.2) is 15.0 Å². The molecule has 0 unspecified atom stereocenters. The number of halogens is 3. The first-order valence-corrected chi connectivity index (χ1v) is 8.97. The van der Waals surface area contributed by atoms with Crippen molar-refractivity contribution in [3.8, 4) is 10.6 Å². The molecule has 0 radical (unpaired) electrons. The maximum absolute atomic E-state index is 12.8. The van der Waals surface area contributed by atoms with Crippen LogP contribution >= 0.6 is 11.3 Å². The zero-order chi connectivity index (χ0) is 18.3. The van der Waals surface area contributed by atoms with Gasteiger partial charge < -0.3 is 5.32 Å². The Bertz CT molecular complexity index is 948. The first-order chi connectivity index (χ1) is 12.4. The number of anilines is 2. The van der Waals surface area contributed by atoms with Crippen molar-refractivity contribution in [1.82, 2.24) is 15.0 Å². The topological polar surface area (TPSA) is 50.7 Å². The number of nitrogens with zero attached hydrogens (tertiary/aromatic N) is 3. The van der Waals surface area contributed by atoms with Crippen molar-refractivity contribution >= 4 is 23.0 Å². The molecule has 4 nitrogen and oxygen atoms in total. The Balaban J connectivity index is 1.60. The van der Waals surface area contributed by atoms with Gasteiger partial charge in [0, 0.05) is 17.8 Å². The Morgan fingerprint density at radius 1 is 1.15 bits per heavy atom. The van der Waals surface area contributed by atoms with Crippen molar-refractivity contribution in [1.29, 1.82) is 0 Å². The van der Waals surface area contributed by atoms with Gasteiger partial charge in [0.2, 0.25) is 5.95 Å². The Labute approximate surface area is 152 Å². The molecule has 0 saturated heterocycles. The number of thiazole rings is 1. The Morgan fingerprint density at radius 2 is 1.96 bits per heavy atom. The van der Waals surface area contributed by atoms with Crippen LogP contribution in [0.4, 0.5) is 24.8 Å². The highest BCUT2D eigenvalue weighted by molar-refractivity contribution is 7.15. The van der Waals surface area contributed by atoms with Crippen molar-refractivity contribution in [2.75, 3.05) is 5.32 Å². The van der Waals surface area contributed by atoms with E-state index in [2.05, 4.69) is 20.3 Å². The van der Waals surface area contributed by atoms with E-state index < -0.39 is 11.7 Å². The minimum atomic E-state index is -4.39. The molecule has 134 valence electrons. The lowest BCUT2D eigenvalue weighted by Crippen LogP contribution is -2.05. The van der Waals surface area contributed by atoms with Crippen molar-refractivity contribution in [3.63, 3.8) is 0 Å². The summed E-state index contributed by atoms with van der Waals surface area (Å²) in [6.07, 6.45) is -0.440. The van der Waals surface area contributed by atoms with Gasteiger partial charge in [-0.05, 0) is 44.0 Å². The summed E-state index contributed by atoms with van der Waals surface area (Å²) in [5.41, 5.74) is 1.21. The van der Waals surface area contributed by atoms with Crippen molar-refractivity contribution in [3.05, 3.63) is 52.8 Å². The number of nitrogens with one attached hydrogen (secondary N) is 1. The summed E-state index contributed by atoms with van der Waals surface area (Å²) in [5, 5.41) is 3.98. The Hall–Kier alpha value is -2.48. The lowest BCUT2D eigenvalue weighted by molar-refractivity contribution is -0.137. The van der Waals surface area contributed by atoms with E-state index in [0.717, 1.165) is 33.4 Å². The number of benzene rings is 1. The second-order valence-electron chi connectivity index (χ2n) is 6.21. The summed E-state index contributed by atoms with van der Waals surface area (Å²) in [6, 6.07) is 6.76. The van der Waals surface area contributed by atoms with E-state index in [1.807, 2.05) is 6.92 Å². The van der Waals surface area contributed by atoms with Crippen molar-refractivity contribution in [2.45, 2.75) is 31.9 Å². The van der Waals surface area contributed by atoms with Gasteiger partial charge in [0.1, 0.15) is 0 Å². The Morgan fingerprint density at radius 3 is 2.69 bits per heavy atom. The van der Waals surface area contributed by atoms with Crippen LogP contribution in [0.2, 0.25) is 0 Å². The van der Waals surface area contributed by atoms with Crippen LogP contribution in [0.15, 0.2) is 36.5 Å². The molecule has 4 rings (SSSR count). The molecular formula is C18H15F3N4S. The molecule has 0 spiro atoms. The third-order valence-corrected chi connectivity index (χ3v) is 5.42. The quantitative estimate of drug-likeness (QED) is 0.649. The molecule has 1 N–H and O–H groups in total. The summed E-state index contributed by atoms with van der Waals surface area (Å²) in [5.74, 6) is 0.819. The summed E-state index contributed by atoms with van der Waals surface area (Å²) < 4.78 is 38.5. The number of alkyl halides is 3. The molecular weight excluding hydrogens is 361 g/mol. The highest BCUT2D eigenvalue weighted by Gasteiger charge is 2.30. The van der Waals surface area contributed by atoms with Gasteiger partial charge in [0.05, 0.1) is 26.8 Å². The summed E-state index contributed by atoms with van der Waals surface area (Å²) in [6.45, 7) is 1.94. The molecule has 1 fully saturated rings. The van der Waals surface area contributed by atoms with E-state index in [1.54, 1.807) is 29.7 Å². The van der Waals surface area contributed by atoms with Gasteiger partial charge in [0.25, 0.3) is 0 Å². The first kappa shape index (κ1) is 17.0. The molecule has 1 aliphatic carbocycles.